The standard InChI is InChI=1S/C63H122O17P2/c1-7-11-13-15-17-19-21-26-33-39-45-60(65)73-51-58(79-62(67)47-41-35-27-22-20-18-16-14-12-8-2)53-77-81(69,70)75-49-57(64)50-76-82(71,72)78-54-59(52-74-61(66)46-40-34-30-29-32-38-44-56(6)10-4)80-63(68)48-42-36-28-24-23-25-31-37-43-55(5)9-3/h55-59,64H,7-54H2,1-6H3,(H,69,70)(H,71,72)/t55?,56?,57-,58+,59+/m0/s1. The van der Waals surface area contributed by atoms with Crippen molar-refractivity contribution in [3.63, 3.8) is 0 Å². The monoisotopic (exact) mass is 1210 g/mol. The van der Waals surface area contributed by atoms with Crippen molar-refractivity contribution in [2.75, 3.05) is 39.6 Å². The van der Waals surface area contributed by atoms with Gasteiger partial charge in [0.15, 0.2) is 12.2 Å². The molecular formula is C63H122O17P2. The molecule has 0 heterocycles. The van der Waals surface area contributed by atoms with Gasteiger partial charge in [-0.15, -0.1) is 0 Å². The number of phosphoric acid groups is 2. The van der Waals surface area contributed by atoms with Crippen LogP contribution in [-0.2, 0) is 65.4 Å². The number of phosphoric ester groups is 2. The molecule has 0 aromatic rings. The van der Waals surface area contributed by atoms with Gasteiger partial charge >= 0.3 is 39.5 Å². The molecule has 17 nitrogen and oxygen atoms in total. The van der Waals surface area contributed by atoms with Gasteiger partial charge in [-0.25, -0.2) is 9.13 Å². The van der Waals surface area contributed by atoms with Gasteiger partial charge in [-0.05, 0) is 37.5 Å². The van der Waals surface area contributed by atoms with Crippen LogP contribution in [0.3, 0.4) is 0 Å². The van der Waals surface area contributed by atoms with E-state index < -0.39 is 97.5 Å². The van der Waals surface area contributed by atoms with E-state index in [0.717, 1.165) is 108 Å². The number of hydrogen-bond acceptors (Lipinski definition) is 15. The number of carbonyl (C=O) groups excluding carboxylic acids is 4. The zero-order valence-corrected chi connectivity index (χ0v) is 54.6. The summed E-state index contributed by atoms with van der Waals surface area (Å²) in [6.07, 6.45) is 37.4. The second-order valence-corrected chi connectivity index (χ2v) is 26.2. The minimum atomic E-state index is -4.94. The quantitative estimate of drug-likeness (QED) is 0.0222. The van der Waals surface area contributed by atoms with Crippen molar-refractivity contribution >= 4 is 39.5 Å². The Balaban J connectivity index is 5.25. The molecule has 486 valence electrons. The number of aliphatic hydroxyl groups is 1. The van der Waals surface area contributed by atoms with Crippen LogP contribution in [0.15, 0.2) is 0 Å². The van der Waals surface area contributed by atoms with E-state index >= 15 is 0 Å². The first-order valence-corrected chi connectivity index (χ1v) is 36.1. The van der Waals surface area contributed by atoms with Gasteiger partial charge in [0.1, 0.15) is 19.3 Å². The lowest BCUT2D eigenvalue weighted by Gasteiger charge is -2.21. The van der Waals surface area contributed by atoms with Crippen LogP contribution >= 0.6 is 15.6 Å². The summed E-state index contributed by atoms with van der Waals surface area (Å²) < 4.78 is 67.9. The molecule has 0 aromatic heterocycles. The Kier molecular flexibility index (Phi) is 54.3. The second-order valence-electron chi connectivity index (χ2n) is 23.3. The minimum Gasteiger partial charge on any atom is -0.462 e. The third kappa shape index (κ3) is 54.7. The second kappa shape index (κ2) is 55.6. The summed E-state index contributed by atoms with van der Waals surface area (Å²) in [7, 11) is -9.88. The Bertz CT molecular complexity index is 1620. The Hall–Kier alpha value is -1.94. The molecule has 4 unspecified atom stereocenters. The largest absolute Gasteiger partial charge is 0.472 e. The summed E-state index contributed by atoms with van der Waals surface area (Å²) in [6, 6.07) is 0. The minimum absolute atomic E-state index is 0.104. The number of hydrogen-bond donors (Lipinski definition) is 3. The first-order chi connectivity index (χ1) is 39.4. The highest BCUT2D eigenvalue weighted by Gasteiger charge is 2.30. The molecule has 3 N–H and O–H groups in total. The molecule has 0 saturated carbocycles. The number of aliphatic hydroxyl groups excluding tert-OH is 1. The summed E-state index contributed by atoms with van der Waals surface area (Å²) in [5.74, 6) is -0.637. The van der Waals surface area contributed by atoms with Crippen LogP contribution in [0.25, 0.3) is 0 Å². The topological polar surface area (TPSA) is 237 Å². The lowest BCUT2D eigenvalue weighted by molar-refractivity contribution is -0.161. The lowest BCUT2D eigenvalue weighted by atomic mass is 9.99. The highest BCUT2D eigenvalue weighted by Crippen LogP contribution is 2.45. The third-order valence-corrected chi connectivity index (χ3v) is 17.1. The van der Waals surface area contributed by atoms with Crippen molar-refractivity contribution in [3.8, 4) is 0 Å². The van der Waals surface area contributed by atoms with Crippen molar-refractivity contribution in [1.29, 1.82) is 0 Å². The van der Waals surface area contributed by atoms with Crippen molar-refractivity contribution in [2.45, 2.75) is 330 Å². The van der Waals surface area contributed by atoms with E-state index in [1.54, 1.807) is 0 Å². The Morgan fingerprint density at radius 2 is 0.585 bits per heavy atom. The van der Waals surface area contributed by atoms with Gasteiger partial charge < -0.3 is 33.8 Å². The number of esters is 4. The first kappa shape index (κ1) is 80.1. The molecule has 0 radical (unpaired) electrons. The predicted octanol–water partition coefficient (Wildman–Crippen LogP) is 17.3. The van der Waals surface area contributed by atoms with Gasteiger partial charge in [0.05, 0.1) is 26.4 Å². The van der Waals surface area contributed by atoms with E-state index in [2.05, 4.69) is 41.5 Å². The van der Waals surface area contributed by atoms with Crippen LogP contribution in [0.1, 0.15) is 311 Å². The van der Waals surface area contributed by atoms with Gasteiger partial charge in [-0.2, -0.15) is 0 Å². The summed E-state index contributed by atoms with van der Waals surface area (Å²) >= 11 is 0. The molecule has 0 bridgehead atoms. The smallest absolute Gasteiger partial charge is 0.462 e. The van der Waals surface area contributed by atoms with Crippen molar-refractivity contribution in [3.05, 3.63) is 0 Å². The van der Waals surface area contributed by atoms with Crippen molar-refractivity contribution in [2.24, 2.45) is 11.8 Å². The van der Waals surface area contributed by atoms with Crippen LogP contribution in [-0.4, -0.2) is 96.7 Å². The zero-order chi connectivity index (χ0) is 60.8. The lowest BCUT2D eigenvalue weighted by Crippen LogP contribution is -2.30. The van der Waals surface area contributed by atoms with Gasteiger partial charge in [-0.1, -0.05) is 260 Å². The van der Waals surface area contributed by atoms with Gasteiger partial charge in [-0.3, -0.25) is 37.3 Å². The molecule has 0 aliphatic carbocycles. The molecule has 0 aliphatic rings. The number of rotatable bonds is 62. The molecule has 0 aromatic carbocycles. The third-order valence-electron chi connectivity index (χ3n) is 15.2. The van der Waals surface area contributed by atoms with Gasteiger partial charge in [0, 0.05) is 25.7 Å². The van der Waals surface area contributed by atoms with E-state index in [9.17, 15) is 43.2 Å². The molecular weight excluding hydrogens is 1090 g/mol. The van der Waals surface area contributed by atoms with Crippen LogP contribution in [0.2, 0.25) is 0 Å². The number of unbranched alkanes of at least 4 members (excludes halogenated alkanes) is 30. The maximum Gasteiger partial charge on any atom is 0.472 e. The number of carbonyl (C=O) groups is 4. The fourth-order valence-electron chi connectivity index (χ4n) is 9.29. The van der Waals surface area contributed by atoms with Gasteiger partial charge in [0.25, 0.3) is 0 Å². The zero-order valence-electron chi connectivity index (χ0n) is 52.8. The van der Waals surface area contributed by atoms with Crippen LogP contribution in [0.5, 0.6) is 0 Å². The summed E-state index contributed by atoms with van der Waals surface area (Å²) in [4.78, 5) is 72.1. The molecule has 0 saturated heterocycles. The average Bonchev–Trinajstić information content (AvgIpc) is 3.45. The normalized spacial score (nSPS) is 15.0. The first-order valence-electron chi connectivity index (χ1n) is 33.1. The number of ether oxygens (including phenoxy) is 4. The fraction of sp³-hybridized carbons (Fsp3) is 0.937. The van der Waals surface area contributed by atoms with Crippen LogP contribution < -0.4 is 0 Å². The molecule has 0 spiro atoms. The van der Waals surface area contributed by atoms with Crippen LogP contribution in [0.4, 0.5) is 0 Å². The molecule has 0 fully saturated rings. The van der Waals surface area contributed by atoms with Gasteiger partial charge in [0.2, 0.25) is 0 Å². The van der Waals surface area contributed by atoms with Crippen LogP contribution in [0, 0.1) is 11.8 Å². The maximum absolute atomic E-state index is 13.0. The molecule has 19 heteroatoms. The SMILES string of the molecule is CCCCCCCCCCCCC(=O)OC[C@H](COP(=O)(O)OC[C@H](O)COP(=O)(O)OC[C@@H](COC(=O)CCCCCCCCC(C)CC)OC(=O)CCCCCCCCCCC(C)CC)OC(=O)CCCCCCCCCCCC. The van der Waals surface area contributed by atoms with Crippen molar-refractivity contribution < 1.29 is 80.2 Å². The van der Waals surface area contributed by atoms with E-state index in [1.807, 2.05) is 0 Å². The molecule has 82 heavy (non-hydrogen) atoms. The van der Waals surface area contributed by atoms with E-state index in [1.165, 1.54) is 122 Å². The summed E-state index contributed by atoms with van der Waals surface area (Å²) in [5.41, 5.74) is 0. The predicted molar refractivity (Wildman–Crippen MR) is 326 cm³/mol. The molecule has 7 atom stereocenters. The van der Waals surface area contributed by atoms with E-state index in [0.29, 0.717) is 25.7 Å². The Morgan fingerprint density at radius 1 is 0.341 bits per heavy atom. The highest BCUT2D eigenvalue weighted by molar-refractivity contribution is 7.47. The van der Waals surface area contributed by atoms with E-state index in [-0.39, 0.29) is 25.7 Å². The molecule has 0 aliphatic heterocycles. The maximum atomic E-state index is 13.0. The molecule has 0 amide bonds. The Labute approximate surface area is 498 Å². The molecule has 0 rings (SSSR count). The fourth-order valence-corrected chi connectivity index (χ4v) is 10.9. The Morgan fingerprint density at radius 3 is 0.866 bits per heavy atom. The average molecular weight is 1210 g/mol. The van der Waals surface area contributed by atoms with Crippen molar-refractivity contribution in [1.82, 2.24) is 0 Å². The summed E-state index contributed by atoms with van der Waals surface area (Å²) in [6.45, 7) is 9.43. The van der Waals surface area contributed by atoms with E-state index in [4.69, 9.17) is 37.0 Å². The highest BCUT2D eigenvalue weighted by atomic mass is 31.2. The summed E-state index contributed by atoms with van der Waals surface area (Å²) in [5, 5.41) is 10.5.